The summed E-state index contributed by atoms with van der Waals surface area (Å²) in [5, 5.41) is 4.20. The van der Waals surface area contributed by atoms with Gasteiger partial charge in [-0.05, 0) is 43.1 Å². The Hall–Kier alpha value is -1.45. The summed E-state index contributed by atoms with van der Waals surface area (Å²) in [6.45, 7) is 5.26. The van der Waals surface area contributed by atoms with Crippen LogP contribution in [0.1, 0.15) is 43.3 Å². The molecule has 4 heteroatoms. The van der Waals surface area contributed by atoms with Crippen molar-refractivity contribution in [2.24, 2.45) is 0 Å². The Kier molecular flexibility index (Phi) is 6.15. The minimum absolute atomic E-state index is 0.169. The maximum Gasteiger partial charge on any atom is 0.0589 e. The van der Waals surface area contributed by atoms with E-state index in [4.69, 9.17) is 11.6 Å². The number of hydrogen-bond donors (Lipinski definition) is 1. The standard InChI is InChI=1S/C17H22ClN3/c1-3-9-19-17(16-8-6-14(18)12-21-16)10-15-7-5-13(4-2)11-20-15/h5-8,11-12,17,19H,3-4,9-10H2,1-2H3. The summed E-state index contributed by atoms with van der Waals surface area (Å²) in [6, 6.07) is 8.29. The van der Waals surface area contributed by atoms with Crippen LogP contribution in [0.2, 0.25) is 5.02 Å². The van der Waals surface area contributed by atoms with Crippen LogP contribution in [0, 0.1) is 0 Å². The van der Waals surface area contributed by atoms with Gasteiger partial charge in [0.05, 0.1) is 16.8 Å². The molecule has 0 radical (unpaired) electrons. The van der Waals surface area contributed by atoms with Gasteiger partial charge < -0.3 is 5.32 Å². The molecule has 2 rings (SSSR count). The highest BCUT2D eigenvalue weighted by molar-refractivity contribution is 6.30. The highest BCUT2D eigenvalue weighted by Gasteiger charge is 2.13. The zero-order chi connectivity index (χ0) is 15.1. The molecular formula is C17H22ClN3. The van der Waals surface area contributed by atoms with Gasteiger partial charge >= 0.3 is 0 Å². The number of nitrogens with zero attached hydrogens (tertiary/aromatic N) is 2. The Bertz CT molecular complexity index is 537. The first kappa shape index (κ1) is 15.9. The fourth-order valence-corrected chi connectivity index (χ4v) is 2.30. The van der Waals surface area contributed by atoms with Crippen LogP contribution >= 0.6 is 11.6 Å². The number of halogens is 1. The molecule has 0 spiro atoms. The normalized spacial score (nSPS) is 12.3. The second-order valence-electron chi connectivity index (χ2n) is 5.12. The SMILES string of the molecule is CCCNC(Cc1ccc(CC)cn1)c1ccc(Cl)cn1. The van der Waals surface area contributed by atoms with Gasteiger partial charge in [0, 0.05) is 24.5 Å². The summed E-state index contributed by atoms with van der Waals surface area (Å²) in [5.41, 5.74) is 3.35. The van der Waals surface area contributed by atoms with Gasteiger partial charge in [0.1, 0.15) is 0 Å². The lowest BCUT2D eigenvalue weighted by atomic mass is 10.1. The molecule has 0 saturated carbocycles. The van der Waals surface area contributed by atoms with E-state index >= 15 is 0 Å². The molecule has 21 heavy (non-hydrogen) atoms. The van der Waals surface area contributed by atoms with Crippen LogP contribution < -0.4 is 5.32 Å². The van der Waals surface area contributed by atoms with Crippen molar-refractivity contribution in [3.8, 4) is 0 Å². The molecule has 0 saturated heterocycles. The minimum Gasteiger partial charge on any atom is -0.308 e. The van der Waals surface area contributed by atoms with E-state index in [2.05, 4.69) is 41.3 Å². The molecule has 1 atom stereocenters. The third kappa shape index (κ3) is 4.80. The molecular weight excluding hydrogens is 282 g/mol. The van der Waals surface area contributed by atoms with Crippen molar-refractivity contribution in [3.05, 3.63) is 58.6 Å². The van der Waals surface area contributed by atoms with Crippen molar-refractivity contribution in [2.45, 2.75) is 39.2 Å². The summed E-state index contributed by atoms with van der Waals surface area (Å²) in [5.74, 6) is 0. The molecule has 0 bridgehead atoms. The zero-order valence-corrected chi connectivity index (χ0v) is 13.4. The van der Waals surface area contributed by atoms with E-state index in [1.54, 1.807) is 6.20 Å². The smallest absolute Gasteiger partial charge is 0.0589 e. The predicted molar refractivity (Wildman–Crippen MR) is 87.6 cm³/mol. The fraction of sp³-hybridized carbons (Fsp3) is 0.412. The number of pyridine rings is 2. The quantitative estimate of drug-likeness (QED) is 0.841. The summed E-state index contributed by atoms with van der Waals surface area (Å²) in [4.78, 5) is 8.99. The molecule has 2 aromatic heterocycles. The third-order valence-electron chi connectivity index (χ3n) is 3.46. The van der Waals surface area contributed by atoms with Crippen molar-refractivity contribution >= 4 is 11.6 Å². The van der Waals surface area contributed by atoms with E-state index in [1.165, 1.54) is 5.56 Å². The molecule has 0 aliphatic carbocycles. The molecule has 3 nitrogen and oxygen atoms in total. The molecule has 0 aromatic carbocycles. The third-order valence-corrected chi connectivity index (χ3v) is 3.68. The summed E-state index contributed by atoms with van der Waals surface area (Å²) >= 11 is 5.92. The van der Waals surface area contributed by atoms with Gasteiger partial charge in [0.15, 0.2) is 0 Å². The largest absolute Gasteiger partial charge is 0.308 e. The average Bonchev–Trinajstić information content (AvgIpc) is 2.53. The monoisotopic (exact) mass is 303 g/mol. The second-order valence-corrected chi connectivity index (χ2v) is 5.56. The van der Waals surface area contributed by atoms with Crippen molar-refractivity contribution in [1.29, 1.82) is 0 Å². The summed E-state index contributed by atoms with van der Waals surface area (Å²) in [7, 11) is 0. The van der Waals surface area contributed by atoms with Gasteiger partial charge in [0.2, 0.25) is 0 Å². The lowest BCUT2D eigenvalue weighted by Gasteiger charge is -2.18. The molecule has 0 amide bonds. The van der Waals surface area contributed by atoms with E-state index in [9.17, 15) is 0 Å². The molecule has 1 N–H and O–H groups in total. The van der Waals surface area contributed by atoms with Crippen LogP contribution in [0.4, 0.5) is 0 Å². The molecule has 112 valence electrons. The second kappa shape index (κ2) is 8.11. The number of rotatable bonds is 7. The van der Waals surface area contributed by atoms with Gasteiger partial charge in [-0.3, -0.25) is 9.97 Å². The fourth-order valence-electron chi connectivity index (χ4n) is 2.19. The van der Waals surface area contributed by atoms with Crippen LogP contribution in [-0.2, 0) is 12.8 Å². The van der Waals surface area contributed by atoms with E-state index in [1.807, 2.05) is 18.3 Å². The van der Waals surface area contributed by atoms with Gasteiger partial charge in [-0.25, -0.2) is 0 Å². The van der Waals surface area contributed by atoms with E-state index in [-0.39, 0.29) is 6.04 Å². The van der Waals surface area contributed by atoms with Crippen molar-refractivity contribution in [3.63, 3.8) is 0 Å². The highest BCUT2D eigenvalue weighted by atomic mass is 35.5. The maximum absolute atomic E-state index is 5.92. The van der Waals surface area contributed by atoms with Crippen LogP contribution in [0.25, 0.3) is 0 Å². The van der Waals surface area contributed by atoms with E-state index < -0.39 is 0 Å². The molecule has 1 unspecified atom stereocenters. The first-order valence-corrected chi connectivity index (χ1v) is 7.89. The molecule has 2 aromatic rings. The Balaban J connectivity index is 2.13. The molecule has 0 aliphatic heterocycles. The number of hydrogen-bond acceptors (Lipinski definition) is 3. The van der Waals surface area contributed by atoms with Gasteiger partial charge in [-0.15, -0.1) is 0 Å². The van der Waals surface area contributed by atoms with Crippen LogP contribution in [0.15, 0.2) is 36.7 Å². The Morgan fingerprint density at radius 3 is 2.52 bits per heavy atom. The minimum atomic E-state index is 0.169. The van der Waals surface area contributed by atoms with Crippen LogP contribution in [0.5, 0.6) is 0 Å². The number of aromatic nitrogens is 2. The zero-order valence-electron chi connectivity index (χ0n) is 12.6. The molecule has 0 fully saturated rings. The van der Waals surface area contributed by atoms with Crippen LogP contribution in [0.3, 0.4) is 0 Å². The highest BCUT2D eigenvalue weighted by Crippen LogP contribution is 2.18. The summed E-state index contributed by atoms with van der Waals surface area (Å²) < 4.78 is 0. The molecule has 2 heterocycles. The first-order chi connectivity index (χ1) is 10.2. The topological polar surface area (TPSA) is 37.8 Å². The average molecular weight is 304 g/mol. The number of aryl methyl sites for hydroxylation is 1. The lowest BCUT2D eigenvalue weighted by Crippen LogP contribution is -2.25. The van der Waals surface area contributed by atoms with Gasteiger partial charge in [0.25, 0.3) is 0 Å². The van der Waals surface area contributed by atoms with E-state index in [0.29, 0.717) is 5.02 Å². The van der Waals surface area contributed by atoms with Gasteiger partial charge in [-0.1, -0.05) is 31.5 Å². The Morgan fingerprint density at radius 2 is 1.95 bits per heavy atom. The van der Waals surface area contributed by atoms with Crippen molar-refractivity contribution < 1.29 is 0 Å². The van der Waals surface area contributed by atoms with Crippen molar-refractivity contribution in [1.82, 2.24) is 15.3 Å². The Labute approximate surface area is 131 Å². The Morgan fingerprint density at radius 1 is 1.10 bits per heavy atom. The molecule has 0 aliphatic rings. The van der Waals surface area contributed by atoms with Gasteiger partial charge in [-0.2, -0.15) is 0 Å². The lowest BCUT2D eigenvalue weighted by molar-refractivity contribution is 0.513. The maximum atomic E-state index is 5.92. The van der Waals surface area contributed by atoms with E-state index in [0.717, 1.165) is 37.2 Å². The summed E-state index contributed by atoms with van der Waals surface area (Å²) in [6.07, 6.45) is 6.60. The van der Waals surface area contributed by atoms with Crippen molar-refractivity contribution in [2.75, 3.05) is 6.54 Å². The number of nitrogens with one attached hydrogen (secondary N) is 1. The predicted octanol–water partition coefficient (Wildman–Crippen LogP) is 3.98. The first-order valence-electron chi connectivity index (χ1n) is 7.51. The van der Waals surface area contributed by atoms with Crippen LogP contribution in [-0.4, -0.2) is 16.5 Å².